The predicted octanol–water partition coefficient (Wildman–Crippen LogP) is 2.74. The molecule has 88 valence electrons. The average molecular weight is 237 g/mol. The molecule has 0 heterocycles. The van der Waals surface area contributed by atoms with Crippen molar-refractivity contribution in [2.75, 3.05) is 7.05 Å². The maximum absolute atomic E-state index is 11.7. The van der Waals surface area contributed by atoms with Gasteiger partial charge < -0.3 is 4.90 Å². The molecule has 0 saturated heterocycles. The van der Waals surface area contributed by atoms with Crippen molar-refractivity contribution in [1.29, 1.82) is 0 Å². The van der Waals surface area contributed by atoms with Crippen LogP contribution < -0.4 is 0 Å². The van der Waals surface area contributed by atoms with Crippen LogP contribution in [0.2, 0.25) is 0 Å². The highest BCUT2D eigenvalue weighted by Gasteiger charge is 2.09. The summed E-state index contributed by atoms with van der Waals surface area (Å²) in [5, 5.41) is 0.286. The molecule has 2 nitrogen and oxygen atoms in total. The van der Waals surface area contributed by atoms with E-state index in [1.54, 1.807) is 4.90 Å². The van der Waals surface area contributed by atoms with Crippen LogP contribution in [0.5, 0.6) is 0 Å². The highest BCUT2D eigenvalue weighted by atomic mass is 32.1. The SMILES string of the molecule is CC(S)CCC(=O)N(C)Cc1ccccc1. The second-order valence-corrected chi connectivity index (χ2v) is 5.00. The van der Waals surface area contributed by atoms with Crippen LogP contribution in [0.3, 0.4) is 0 Å². The van der Waals surface area contributed by atoms with E-state index in [0.29, 0.717) is 13.0 Å². The summed E-state index contributed by atoms with van der Waals surface area (Å²) in [6.45, 7) is 2.69. The molecular weight excluding hydrogens is 218 g/mol. The number of carbonyl (C=O) groups excluding carboxylic acids is 1. The second-order valence-electron chi connectivity index (χ2n) is 4.12. The molecular formula is C13H19NOS. The highest BCUT2D eigenvalue weighted by molar-refractivity contribution is 7.80. The van der Waals surface area contributed by atoms with E-state index in [0.717, 1.165) is 12.0 Å². The molecule has 0 aliphatic heterocycles. The van der Waals surface area contributed by atoms with E-state index in [9.17, 15) is 4.79 Å². The van der Waals surface area contributed by atoms with Gasteiger partial charge in [-0.05, 0) is 17.2 Å². The van der Waals surface area contributed by atoms with Gasteiger partial charge in [-0.15, -0.1) is 0 Å². The highest BCUT2D eigenvalue weighted by Crippen LogP contribution is 2.08. The number of hydrogen-bond acceptors (Lipinski definition) is 2. The van der Waals surface area contributed by atoms with Crippen LogP contribution in [0.1, 0.15) is 25.3 Å². The average Bonchev–Trinajstić information content (AvgIpc) is 2.27. The molecule has 0 radical (unpaired) electrons. The molecule has 0 bridgehead atoms. The number of hydrogen-bond donors (Lipinski definition) is 1. The summed E-state index contributed by atoms with van der Waals surface area (Å²) in [4.78, 5) is 13.5. The smallest absolute Gasteiger partial charge is 0.222 e. The number of rotatable bonds is 5. The molecule has 0 aliphatic carbocycles. The summed E-state index contributed by atoms with van der Waals surface area (Å²) in [5.74, 6) is 0.185. The van der Waals surface area contributed by atoms with Gasteiger partial charge in [0.2, 0.25) is 5.91 Å². The third-order valence-corrected chi connectivity index (χ3v) is 2.72. The van der Waals surface area contributed by atoms with Crippen molar-refractivity contribution in [2.24, 2.45) is 0 Å². The third-order valence-electron chi connectivity index (χ3n) is 2.46. The van der Waals surface area contributed by atoms with E-state index in [-0.39, 0.29) is 11.2 Å². The molecule has 0 saturated carbocycles. The van der Waals surface area contributed by atoms with Gasteiger partial charge in [-0.2, -0.15) is 12.6 Å². The summed E-state index contributed by atoms with van der Waals surface area (Å²) in [7, 11) is 1.85. The molecule has 1 amide bonds. The largest absolute Gasteiger partial charge is 0.341 e. The van der Waals surface area contributed by atoms with Crippen LogP contribution >= 0.6 is 12.6 Å². The van der Waals surface area contributed by atoms with Gasteiger partial charge >= 0.3 is 0 Å². The fourth-order valence-corrected chi connectivity index (χ4v) is 1.60. The van der Waals surface area contributed by atoms with Crippen LogP contribution in [-0.4, -0.2) is 23.1 Å². The first-order valence-electron chi connectivity index (χ1n) is 5.55. The zero-order valence-corrected chi connectivity index (χ0v) is 10.8. The van der Waals surface area contributed by atoms with Crippen molar-refractivity contribution in [3.63, 3.8) is 0 Å². The maximum Gasteiger partial charge on any atom is 0.222 e. The fraction of sp³-hybridized carbons (Fsp3) is 0.462. The van der Waals surface area contributed by atoms with Gasteiger partial charge in [-0.25, -0.2) is 0 Å². The van der Waals surface area contributed by atoms with E-state index >= 15 is 0 Å². The Hall–Kier alpha value is -0.960. The number of carbonyl (C=O) groups is 1. The number of nitrogens with zero attached hydrogens (tertiary/aromatic N) is 1. The molecule has 3 heteroatoms. The van der Waals surface area contributed by atoms with Crippen LogP contribution in [0.4, 0.5) is 0 Å². The molecule has 1 atom stereocenters. The molecule has 1 aromatic carbocycles. The van der Waals surface area contributed by atoms with Crippen LogP contribution in [0.15, 0.2) is 30.3 Å². The van der Waals surface area contributed by atoms with E-state index in [1.165, 1.54) is 0 Å². The minimum absolute atomic E-state index is 0.185. The quantitative estimate of drug-likeness (QED) is 0.781. The van der Waals surface area contributed by atoms with E-state index in [2.05, 4.69) is 12.6 Å². The lowest BCUT2D eigenvalue weighted by Crippen LogP contribution is -2.26. The molecule has 0 spiro atoms. The summed E-state index contributed by atoms with van der Waals surface area (Å²) in [6.07, 6.45) is 1.41. The first-order valence-corrected chi connectivity index (χ1v) is 6.07. The lowest BCUT2D eigenvalue weighted by Gasteiger charge is -2.17. The van der Waals surface area contributed by atoms with Gasteiger partial charge in [0, 0.05) is 20.0 Å². The number of benzene rings is 1. The molecule has 16 heavy (non-hydrogen) atoms. The summed E-state index contributed by atoms with van der Waals surface area (Å²) >= 11 is 4.27. The second kappa shape index (κ2) is 6.59. The summed E-state index contributed by atoms with van der Waals surface area (Å²) in [6, 6.07) is 10.0. The molecule has 0 aliphatic rings. The number of amides is 1. The van der Waals surface area contributed by atoms with Gasteiger partial charge in [0.1, 0.15) is 0 Å². The Bertz CT molecular complexity index is 324. The minimum atomic E-state index is 0.185. The summed E-state index contributed by atoms with van der Waals surface area (Å²) < 4.78 is 0. The monoisotopic (exact) mass is 237 g/mol. The van der Waals surface area contributed by atoms with Crippen molar-refractivity contribution in [1.82, 2.24) is 4.90 Å². The standard InChI is InChI=1S/C13H19NOS/c1-11(16)8-9-13(15)14(2)10-12-6-4-3-5-7-12/h3-7,11,16H,8-10H2,1-2H3. The zero-order valence-electron chi connectivity index (χ0n) is 9.89. The third kappa shape index (κ3) is 4.71. The topological polar surface area (TPSA) is 20.3 Å². The van der Waals surface area contributed by atoms with Gasteiger partial charge in [0.25, 0.3) is 0 Å². The van der Waals surface area contributed by atoms with Crippen molar-refractivity contribution in [3.8, 4) is 0 Å². The molecule has 0 aromatic heterocycles. The van der Waals surface area contributed by atoms with Gasteiger partial charge in [0.15, 0.2) is 0 Å². The first-order chi connectivity index (χ1) is 7.59. The van der Waals surface area contributed by atoms with Crippen molar-refractivity contribution >= 4 is 18.5 Å². The zero-order chi connectivity index (χ0) is 12.0. The Kier molecular flexibility index (Phi) is 5.39. The molecule has 0 N–H and O–H groups in total. The van der Waals surface area contributed by atoms with Crippen molar-refractivity contribution < 1.29 is 4.79 Å². The molecule has 0 fully saturated rings. The lowest BCUT2D eigenvalue weighted by atomic mass is 10.2. The Morgan fingerprint density at radius 3 is 2.56 bits per heavy atom. The predicted molar refractivity (Wildman–Crippen MR) is 70.6 cm³/mol. The van der Waals surface area contributed by atoms with Gasteiger partial charge in [0.05, 0.1) is 0 Å². The first kappa shape index (κ1) is 13.1. The molecule has 1 unspecified atom stereocenters. The lowest BCUT2D eigenvalue weighted by molar-refractivity contribution is -0.130. The van der Waals surface area contributed by atoms with E-state index in [1.807, 2.05) is 44.3 Å². The Morgan fingerprint density at radius 2 is 2.00 bits per heavy atom. The number of thiol groups is 1. The maximum atomic E-state index is 11.7. The van der Waals surface area contributed by atoms with Gasteiger partial charge in [-0.3, -0.25) is 4.79 Å². The van der Waals surface area contributed by atoms with E-state index < -0.39 is 0 Å². The van der Waals surface area contributed by atoms with Crippen molar-refractivity contribution in [3.05, 3.63) is 35.9 Å². The molecule has 1 aromatic rings. The Labute approximate surface area is 103 Å². The molecule has 1 rings (SSSR count). The van der Waals surface area contributed by atoms with Crippen LogP contribution in [0.25, 0.3) is 0 Å². The fourth-order valence-electron chi connectivity index (χ4n) is 1.47. The van der Waals surface area contributed by atoms with Crippen LogP contribution in [0, 0.1) is 0 Å². The Balaban J connectivity index is 2.40. The minimum Gasteiger partial charge on any atom is -0.341 e. The van der Waals surface area contributed by atoms with E-state index in [4.69, 9.17) is 0 Å². The van der Waals surface area contributed by atoms with Gasteiger partial charge in [-0.1, -0.05) is 37.3 Å². The van der Waals surface area contributed by atoms with Crippen LogP contribution in [-0.2, 0) is 11.3 Å². The van der Waals surface area contributed by atoms with Crippen molar-refractivity contribution in [2.45, 2.75) is 31.6 Å². The normalized spacial score (nSPS) is 12.2. The summed E-state index contributed by atoms with van der Waals surface area (Å²) in [5.41, 5.74) is 1.16. The Morgan fingerprint density at radius 1 is 1.38 bits per heavy atom.